The van der Waals surface area contributed by atoms with E-state index in [1.54, 1.807) is 6.20 Å². The Hall–Kier alpha value is -3.16. The fourth-order valence-electron chi connectivity index (χ4n) is 3.81. The van der Waals surface area contributed by atoms with Gasteiger partial charge in [-0.3, -0.25) is 14.6 Å². The molecule has 29 heavy (non-hydrogen) atoms. The maximum absolute atomic E-state index is 12.8. The van der Waals surface area contributed by atoms with Crippen molar-refractivity contribution < 1.29 is 4.79 Å². The zero-order chi connectivity index (χ0) is 20.2. The predicted molar refractivity (Wildman–Crippen MR) is 110 cm³/mol. The number of H-pyrrole nitrogens is 1. The molecule has 0 atom stereocenters. The molecule has 4 heterocycles. The summed E-state index contributed by atoms with van der Waals surface area (Å²) >= 11 is 0. The van der Waals surface area contributed by atoms with Crippen LogP contribution in [0.25, 0.3) is 0 Å². The van der Waals surface area contributed by atoms with E-state index in [9.17, 15) is 4.79 Å². The Balaban J connectivity index is 1.29. The van der Waals surface area contributed by atoms with Crippen LogP contribution in [-0.4, -0.2) is 48.9 Å². The van der Waals surface area contributed by atoms with Crippen LogP contribution in [0.1, 0.15) is 40.2 Å². The summed E-state index contributed by atoms with van der Waals surface area (Å²) in [4.78, 5) is 19.2. The van der Waals surface area contributed by atoms with Gasteiger partial charge in [-0.25, -0.2) is 4.98 Å². The number of pyridine rings is 1. The van der Waals surface area contributed by atoms with E-state index in [1.165, 1.54) is 0 Å². The van der Waals surface area contributed by atoms with Gasteiger partial charge < -0.3 is 10.2 Å². The van der Waals surface area contributed by atoms with Crippen molar-refractivity contribution in [1.82, 2.24) is 29.9 Å². The van der Waals surface area contributed by atoms with Gasteiger partial charge in [-0.2, -0.15) is 10.2 Å². The van der Waals surface area contributed by atoms with E-state index in [0.29, 0.717) is 18.0 Å². The van der Waals surface area contributed by atoms with Gasteiger partial charge in [0.15, 0.2) is 0 Å². The largest absolute Gasteiger partial charge is 0.366 e. The molecule has 2 N–H and O–H groups in total. The van der Waals surface area contributed by atoms with Gasteiger partial charge in [-0.15, -0.1) is 0 Å². The maximum Gasteiger partial charge on any atom is 0.255 e. The van der Waals surface area contributed by atoms with Crippen LogP contribution in [0.5, 0.6) is 0 Å². The molecule has 0 bridgehead atoms. The molecule has 1 aliphatic heterocycles. The molecule has 3 aromatic heterocycles. The first kappa shape index (κ1) is 19.2. The van der Waals surface area contributed by atoms with Crippen LogP contribution >= 0.6 is 0 Å². The highest BCUT2D eigenvalue weighted by atomic mass is 16.2. The molecule has 4 rings (SSSR count). The lowest BCUT2D eigenvalue weighted by molar-refractivity contribution is 0.0681. The van der Waals surface area contributed by atoms with Crippen LogP contribution in [0.3, 0.4) is 0 Å². The van der Waals surface area contributed by atoms with E-state index in [2.05, 4.69) is 25.6 Å². The molecule has 1 amide bonds. The van der Waals surface area contributed by atoms with Crippen molar-refractivity contribution in [2.75, 3.05) is 18.4 Å². The Kier molecular flexibility index (Phi) is 5.59. The van der Waals surface area contributed by atoms with Crippen molar-refractivity contribution in [2.24, 2.45) is 5.92 Å². The fraction of sp³-hybridized carbons (Fsp3) is 0.429. The first-order valence-electron chi connectivity index (χ1n) is 10.1. The average Bonchev–Trinajstić information content (AvgIpc) is 3.37. The van der Waals surface area contributed by atoms with Crippen molar-refractivity contribution in [1.29, 1.82) is 0 Å². The van der Waals surface area contributed by atoms with Crippen LogP contribution < -0.4 is 5.32 Å². The molecule has 8 nitrogen and oxygen atoms in total. The molecule has 0 aliphatic carbocycles. The third-order valence-electron chi connectivity index (χ3n) is 5.64. The minimum absolute atomic E-state index is 0.0584. The molecule has 152 valence electrons. The minimum Gasteiger partial charge on any atom is -0.366 e. The van der Waals surface area contributed by atoms with Crippen LogP contribution in [0.15, 0.2) is 36.8 Å². The van der Waals surface area contributed by atoms with Gasteiger partial charge >= 0.3 is 0 Å². The van der Waals surface area contributed by atoms with E-state index >= 15 is 0 Å². The number of rotatable bonds is 6. The van der Waals surface area contributed by atoms with Crippen LogP contribution in [0, 0.1) is 19.8 Å². The summed E-state index contributed by atoms with van der Waals surface area (Å²) in [6.07, 6.45) is 7.47. The Morgan fingerprint density at radius 2 is 2.10 bits per heavy atom. The van der Waals surface area contributed by atoms with E-state index < -0.39 is 0 Å². The predicted octanol–water partition coefficient (Wildman–Crippen LogP) is 2.78. The molecule has 1 aliphatic rings. The molecular weight excluding hydrogens is 366 g/mol. The van der Waals surface area contributed by atoms with Gasteiger partial charge in [0.05, 0.1) is 11.3 Å². The normalized spacial score (nSPS) is 14.9. The lowest BCUT2D eigenvalue weighted by atomic mass is 9.96. The summed E-state index contributed by atoms with van der Waals surface area (Å²) in [5.41, 5.74) is 3.82. The Bertz CT molecular complexity index is 919. The standard InChI is InChI=1S/C21H27N7O/c1-15-19(16(2)26-25-15)13-23-20-5-4-18(12-22-20)21(29)27-10-6-17(7-11-27)14-28-9-3-8-24-28/h3-5,8-9,12,17H,6-7,10-11,13-14H2,1-2H3,(H,22,23)(H,25,26). The highest BCUT2D eigenvalue weighted by Crippen LogP contribution is 2.21. The smallest absolute Gasteiger partial charge is 0.255 e. The van der Waals surface area contributed by atoms with Gasteiger partial charge in [0.25, 0.3) is 5.91 Å². The van der Waals surface area contributed by atoms with E-state index in [4.69, 9.17) is 0 Å². The second kappa shape index (κ2) is 8.46. The number of aromatic amines is 1. The van der Waals surface area contributed by atoms with Gasteiger partial charge in [-0.05, 0) is 50.8 Å². The zero-order valence-electron chi connectivity index (χ0n) is 16.9. The molecule has 8 heteroatoms. The second-order valence-electron chi connectivity index (χ2n) is 7.66. The number of nitrogens with zero attached hydrogens (tertiary/aromatic N) is 5. The van der Waals surface area contributed by atoms with Crippen LogP contribution in [-0.2, 0) is 13.1 Å². The number of aryl methyl sites for hydroxylation is 2. The number of piperidine rings is 1. The molecule has 1 fully saturated rings. The SMILES string of the molecule is Cc1n[nH]c(C)c1CNc1ccc(C(=O)N2CCC(Cn3cccn3)CC2)cn1. The summed E-state index contributed by atoms with van der Waals surface area (Å²) in [7, 11) is 0. The number of aromatic nitrogens is 5. The number of carbonyl (C=O) groups is 1. The molecule has 0 unspecified atom stereocenters. The maximum atomic E-state index is 12.8. The van der Waals surface area contributed by atoms with Crippen molar-refractivity contribution >= 4 is 11.7 Å². The van der Waals surface area contributed by atoms with Gasteiger partial charge in [0.1, 0.15) is 5.82 Å². The molecule has 3 aromatic rings. The van der Waals surface area contributed by atoms with Crippen LogP contribution in [0.4, 0.5) is 5.82 Å². The Morgan fingerprint density at radius 1 is 1.28 bits per heavy atom. The number of likely N-dealkylation sites (tertiary alicyclic amines) is 1. The van der Waals surface area contributed by atoms with E-state index in [1.807, 2.05) is 54.0 Å². The summed E-state index contributed by atoms with van der Waals surface area (Å²) in [5.74, 6) is 1.38. The van der Waals surface area contributed by atoms with Gasteiger partial charge in [-0.1, -0.05) is 0 Å². The third-order valence-corrected chi connectivity index (χ3v) is 5.64. The van der Waals surface area contributed by atoms with E-state index in [0.717, 1.165) is 55.2 Å². The van der Waals surface area contributed by atoms with Gasteiger partial charge in [0.2, 0.25) is 0 Å². The van der Waals surface area contributed by atoms with Crippen molar-refractivity contribution in [3.8, 4) is 0 Å². The molecule has 1 saturated heterocycles. The average molecular weight is 393 g/mol. The lowest BCUT2D eigenvalue weighted by Gasteiger charge is -2.32. The molecule has 0 radical (unpaired) electrons. The molecule has 0 aromatic carbocycles. The lowest BCUT2D eigenvalue weighted by Crippen LogP contribution is -2.39. The minimum atomic E-state index is 0.0584. The summed E-state index contributed by atoms with van der Waals surface area (Å²) in [5, 5.41) is 14.8. The topological polar surface area (TPSA) is 91.7 Å². The first-order chi connectivity index (χ1) is 14.1. The number of hydrogen-bond acceptors (Lipinski definition) is 5. The number of carbonyl (C=O) groups excluding carboxylic acids is 1. The van der Waals surface area contributed by atoms with Crippen molar-refractivity contribution in [3.05, 3.63) is 59.3 Å². The number of anilines is 1. The quantitative estimate of drug-likeness (QED) is 0.672. The number of amides is 1. The number of nitrogens with one attached hydrogen (secondary N) is 2. The zero-order valence-corrected chi connectivity index (χ0v) is 16.9. The number of hydrogen-bond donors (Lipinski definition) is 2. The fourth-order valence-corrected chi connectivity index (χ4v) is 3.81. The molecule has 0 saturated carbocycles. The van der Waals surface area contributed by atoms with Gasteiger partial charge in [0, 0.05) is 56.0 Å². The molecular formula is C21H27N7O. The Labute approximate surface area is 170 Å². The van der Waals surface area contributed by atoms with Crippen LogP contribution in [0.2, 0.25) is 0 Å². The summed E-state index contributed by atoms with van der Waals surface area (Å²) in [6.45, 7) is 7.12. The summed E-state index contributed by atoms with van der Waals surface area (Å²) < 4.78 is 1.98. The third kappa shape index (κ3) is 4.47. The highest BCUT2D eigenvalue weighted by molar-refractivity contribution is 5.94. The van der Waals surface area contributed by atoms with E-state index in [-0.39, 0.29) is 5.91 Å². The van der Waals surface area contributed by atoms with Crippen molar-refractivity contribution in [3.63, 3.8) is 0 Å². The monoisotopic (exact) mass is 393 g/mol. The Morgan fingerprint density at radius 3 is 2.72 bits per heavy atom. The first-order valence-corrected chi connectivity index (χ1v) is 10.1. The van der Waals surface area contributed by atoms with Crippen molar-refractivity contribution in [2.45, 2.75) is 39.8 Å². The summed E-state index contributed by atoms with van der Waals surface area (Å²) in [6, 6.07) is 5.66. The molecule has 0 spiro atoms. The highest BCUT2D eigenvalue weighted by Gasteiger charge is 2.24. The second-order valence-corrected chi connectivity index (χ2v) is 7.66.